The van der Waals surface area contributed by atoms with Crippen LogP contribution in [0.15, 0.2) is 54.6 Å². The Labute approximate surface area is 134 Å². The van der Waals surface area contributed by atoms with Crippen molar-refractivity contribution in [3.05, 3.63) is 60.2 Å². The van der Waals surface area contributed by atoms with E-state index < -0.39 is 0 Å². The summed E-state index contributed by atoms with van der Waals surface area (Å²) in [5.74, 6) is 0.265. The second-order valence-electron chi connectivity index (χ2n) is 6.03. The molecule has 0 aliphatic heterocycles. The molecule has 0 amide bonds. The Kier molecular flexibility index (Phi) is 6.84. The highest BCUT2D eigenvalue weighted by Crippen LogP contribution is 2.28. The van der Waals surface area contributed by atoms with Gasteiger partial charge >= 0.3 is 5.97 Å². The highest BCUT2D eigenvalue weighted by Gasteiger charge is 2.14. The molecule has 1 atom stereocenters. The van der Waals surface area contributed by atoms with Gasteiger partial charge in [-0.3, -0.25) is 4.79 Å². The van der Waals surface area contributed by atoms with Crippen LogP contribution in [0.3, 0.4) is 0 Å². The Bertz CT molecular complexity index is 560. The summed E-state index contributed by atoms with van der Waals surface area (Å²) in [6.07, 6.45) is 10.6. The van der Waals surface area contributed by atoms with Crippen LogP contribution >= 0.6 is 0 Å². The van der Waals surface area contributed by atoms with Crippen LogP contribution < -0.4 is 4.74 Å². The lowest BCUT2D eigenvalue weighted by Crippen LogP contribution is -2.08. The van der Waals surface area contributed by atoms with E-state index in [-0.39, 0.29) is 11.4 Å². The first kappa shape index (κ1) is 18.0. The van der Waals surface area contributed by atoms with Crippen LogP contribution in [0, 0.1) is 5.41 Å². The second kappa shape index (κ2) is 8.38. The van der Waals surface area contributed by atoms with Gasteiger partial charge in [0.25, 0.3) is 0 Å². The standard InChI is InChI=1S/C20H26O2/c1-6-20(5,14-7-8-16(2)3)15-13-18-9-11-19(12-10-18)22-17(4)21/h6,8-13,15H,1,7,14H2,2-5H3/b15-13+. The number of allylic oxidation sites excluding steroid dienone is 4. The minimum Gasteiger partial charge on any atom is -0.427 e. The van der Waals surface area contributed by atoms with Gasteiger partial charge in [0, 0.05) is 12.3 Å². The maximum absolute atomic E-state index is 10.9. The molecule has 0 spiro atoms. The zero-order chi connectivity index (χ0) is 16.6. The van der Waals surface area contributed by atoms with Crippen molar-refractivity contribution in [2.45, 2.75) is 40.5 Å². The average molecular weight is 298 g/mol. The molecule has 0 saturated carbocycles. The molecule has 1 rings (SSSR count). The first-order chi connectivity index (χ1) is 10.3. The lowest BCUT2D eigenvalue weighted by molar-refractivity contribution is -0.131. The van der Waals surface area contributed by atoms with Gasteiger partial charge in [0.2, 0.25) is 0 Å². The molecule has 0 radical (unpaired) electrons. The molecule has 0 fully saturated rings. The minimum absolute atomic E-state index is 0.0273. The molecule has 1 aromatic carbocycles. The van der Waals surface area contributed by atoms with Crippen molar-refractivity contribution in [2.24, 2.45) is 5.41 Å². The number of ether oxygens (including phenoxy) is 1. The normalized spacial score (nSPS) is 13.5. The Hall–Kier alpha value is -2.09. The molecule has 0 saturated heterocycles. The third-order valence-electron chi connectivity index (χ3n) is 3.50. The van der Waals surface area contributed by atoms with Crippen LogP contribution in [0.5, 0.6) is 5.75 Å². The van der Waals surface area contributed by atoms with Crippen LogP contribution in [0.2, 0.25) is 0 Å². The summed E-state index contributed by atoms with van der Waals surface area (Å²) < 4.78 is 5.03. The zero-order valence-corrected chi connectivity index (χ0v) is 14.1. The number of rotatable bonds is 7. The number of hydrogen-bond donors (Lipinski definition) is 0. The summed E-state index contributed by atoms with van der Waals surface area (Å²) in [7, 11) is 0. The van der Waals surface area contributed by atoms with E-state index >= 15 is 0 Å². The Morgan fingerprint density at radius 2 is 1.86 bits per heavy atom. The molecule has 2 nitrogen and oxygen atoms in total. The molecule has 0 bridgehead atoms. The summed E-state index contributed by atoms with van der Waals surface area (Å²) >= 11 is 0. The maximum Gasteiger partial charge on any atom is 0.308 e. The first-order valence-electron chi connectivity index (χ1n) is 7.59. The van der Waals surface area contributed by atoms with E-state index in [0.717, 1.165) is 18.4 Å². The van der Waals surface area contributed by atoms with Gasteiger partial charge in [-0.25, -0.2) is 0 Å². The van der Waals surface area contributed by atoms with Crippen molar-refractivity contribution in [2.75, 3.05) is 0 Å². The molecule has 0 N–H and O–H groups in total. The van der Waals surface area contributed by atoms with E-state index in [0.29, 0.717) is 5.75 Å². The average Bonchev–Trinajstić information content (AvgIpc) is 2.45. The summed E-state index contributed by atoms with van der Waals surface area (Å²) in [5, 5.41) is 0. The van der Waals surface area contributed by atoms with Crippen molar-refractivity contribution in [1.82, 2.24) is 0 Å². The summed E-state index contributed by atoms with van der Waals surface area (Å²) in [6.45, 7) is 11.8. The molecule has 2 heteroatoms. The number of carbonyl (C=O) groups is 1. The van der Waals surface area contributed by atoms with Gasteiger partial charge in [0.15, 0.2) is 0 Å². The molecule has 0 heterocycles. The van der Waals surface area contributed by atoms with Crippen LogP contribution in [0.25, 0.3) is 6.08 Å². The monoisotopic (exact) mass is 298 g/mol. The van der Waals surface area contributed by atoms with Crippen LogP contribution in [0.4, 0.5) is 0 Å². The lowest BCUT2D eigenvalue weighted by atomic mass is 9.84. The van der Waals surface area contributed by atoms with Gasteiger partial charge in [-0.1, -0.05) is 48.9 Å². The summed E-state index contributed by atoms with van der Waals surface area (Å²) in [6, 6.07) is 7.48. The predicted octanol–water partition coefficient (Wildman–Crippen LogP) is 5.56. The lowest BCUT2D eigenvalue weighted by Gasteiger charge is -2.20. The van der Waals surface area contributed by atoms with E-state index in [9.17, 15) is 4.79 Å². The molecule has 1 unspecified atom stereocenters. The Morgan fingerprint density at radius 3 is 2.36 bits per heavy atom. The van der Waals surface area contributed by atoms with Gasteiger partial charge in [0.1, 0.15) is 5.75 Å². The van der Waals surface area contributed by atoms with Crippen molar-refractivity contribution in [3.8, 4) is 5.75 Å². The van der Waals surface area contributed by atoms with E-state index in [1.807, 2.05) is 18.2 Å². The zero-order valence-electron chi connectivity index (χ0n) is 14.1. The van der Waals surface area contributed by atoms with Crippen LogP contribution in [0.1, 0.15) is 46.1 Å². The molecule has 0 aromatic heterocycles. The van der Waals surface area contributed by atoms with Crippen molar-refractivity contribution >= 4 is 12.0 Å². The van der Waals surface area contributed by atoms with Crippen molar-refractivity contribution in [3.63, 3.8) is 0 Å². The fraction of sp³-hybridized carbons (Fsp3) is 0.350. The quantitative estimate of drug-likeness (QED) is 0.374. The summed E-state index contributed by atoms with van der Waals surface area (Å²) in [4.78, 5) is 10.9. The Balaban J connectivity index is 2.73. The van der Waals surface area contributed by atoms with Gasteiger partial charge in [-0.05, 0) is 44.4 Å². The number of carbonyl (C=O) groups excluding carboxylic acids is 1. The third kappa shape index (κ3) is 6.57. The maximum atomic E-state index is 10.9. The fourth-order valence-corrected chi connectivity index (χ4v) is 2.02. The van der Waals surface area contributed by atoms with Gasteiger partial charge in [-0.2, -0.15) is 0 Å². The predicted molar refractivity (Wildman–Crippen MR) is 93.8 cm³/mol. The molecule has 0 aliphatic carbocycles. The van der Waals surface area contributed by atoms with E-state index in [4.69, 9.17) is 4.74 Å². The molecule has 22 heavy (non-hydrogen) atoms. The van der Waals surface area contributed by atoms with Crippen molar-refractivity contribution in [1.29, 1.82) is 0 Å². The van der Waals surface area contributed by atoms with E-state index in [2.05, 4.69) is 45.6 Å². The van der Waals surface area contributed by atoms with Gasteiger partial charge in [0.05, 0.1) is 0 Å². The smallest absolute Gasteiger partial charge is 0.308 e. The van der Waals surface area contributed by atoms with Crippen LogP contribution in [-0.2, 0) is 4.79 Å². The number of hydrogen-bond acceptors (Lipinski definition) is 2. The summed E-state index contributed by atoms with van der Waals surface area (Å²) in [5.41, 5.74) is 2.39. The van der Waals surface area contributed by atoms with E-state index in [1.54, 1.807) is 12.1 Å². The Morgan fingerprint density at radius 1 is 1.23 bits per heavy atom. The largest absolute Gasteiger partial charge is 0.427 e. The topological polar surface area (TPSA) is 26.3 Å². The van der Waals surface area contributed by atoms with Crippen LogP contribution in [-0.4, -0.2) is 5.97 Å². The highest BCUT2D eigenvalue weighted by molar-refractivity contribution is 5.69. The molecular weight excluding hydrogens is 272 g/mol. The minimum atomic E-state index is -0.304. The highest BCUT2D eigenvalue weighted by atomic mass is 16.5. The molecule has 118 valence electrons. The first-order valence-corrected chi connectivity index (χ1v) is 7.59. The third-order valence-corrected chi connectivity index (χ3v) is 3.50. The fourth-order valence-electron chi connectivity index (χ4n) is 2.02. The van der Waals surface area contributed by atoms with Gasteiger partial charge in [-0.15, -0.1) is 6.58 Å². The SMILES string of the molecule is C=CC(C)(/C=C/c1ccc(OC(C)=O)cc1)CCC=C(C)C. The van der Waals surface area contributed by atoms with Gasteiger partial charge < -0.3 is 4.74 Å². The van der Waals surface area contributed by atoms with E-state index in [1.165, 1.54) is 12.5 Å². The molecular formula is C20H26O2. The second-order valence-corrected chi connectivity index (χ2v) is 6.03. The number of benzene rings is 1. The van der Waals surface area contributed by atoms with Crippen molar-refractivity contribution < 1.29 is 9.53 Å². The molecule has 1 aromatic rings. The molecule has 0 aliphatic rings. The number of esters is 1.